The Hall–Kier alpha value is -1.25. The van der Waals surface area contributed by atoms with E-state index >= 15 is 0 Å². The van der Waals surface area contributed by atoms with Gasteiger partial charge in [-0.2, -0.15) is 0 Å². The normalized spacial score (nSPS) is 12.5. The average Bonchev–Trinajstić information content (AvgIpc) is 2.60. The predicted octanol–water partition coefficient (Wildman–Crippen LogP) is 3.41. The van der Waals surface area contributed by atoms with Crippen molar-refractivity contribution in [3.63, 3.8) is 0 Å². The molecule has 0 spiro atoms. The van der Waals surface area contributed by atoms with Crippen molar-refractivity contribution in [1.29, 1.82) is 0 Å². The Balaban J connectivity index is 2.82. The molecule has 0 saturated carbocycles. The smallest absolute Gasteiger partial charge is 0.355 e. The molecule has 1 atom stereocenters. The number of hydrogen-bond donors (Lipinski definition) is 0. The minimum Gasteiger partial charge on any atom is -0.461 e. The second kappa shape index (κ2) is 6.48. The van der Waals surface area contributed by atoms with Gasteiger partial charge in [0.05, 0.1) is 6.61 Å². The summed E-state index contributed by atoms with van der Waals surface area (Å²) >= 11 is 0. The summed E-state index contributed by atoms with van der Waals surface area (Å²) in [4.78, 5) is 11.8. The molecule has 3 heteroatoms. The summed E-state index contributed by atoms with van der Waals surface area (Å²) < 4.78 is 7.11. The van der Waals surface area contributed by atoms with Gasteiger partial charge in [-0.15, -0.1) is 0 Å². The van der Waals surface area contributed by atoms with Crippen LogP contribution in [0.4, 0.5) is 0 Å². The summed E-state index contributed by atoms with van der Waals surface area (Å²) in [5, 5.41) is 0. The summed E-state index contributed by atoms with van der Waals surface area (Å²) in [7, 11) is 0. The third-order valence-corrected chi connectivity index (χ3v) is 2.92. The number of esters is 1. The minimum absolute atomic E-state index is 0.210. The second-order valence-electron chi connectivity index (χ2n) is 4.61. The monoisotopic (exact) mass is 237 g/mol. The fraction of sp³-hybridized carbons (Fsp3) is 0.643. The lowest BCUT2D eigenvalue weighted by molar-refractivity contribution is 0.0512. The van der Waals surface area contributed by atoms with Crippen molar-refractivity contribution in [2.75, 3.05) is 6.61 Å². The largest absolute Gasteiger partial charge is 0.461 e. The molecule has 0 radical (unpaired) electrons. The van der Waals surface area contributed by atoms with Gasteiger partial charge in [-0.3, -0.25) is 0 Å². The lowest BCUT2D eigenvalue weighted by Crippen LogP contribution is -2.16. The highest BCUT2D eigenvalue weighted by molar-refractivity contribution is 5.89. The summed E-state index contributed by atoms with van der Waals surface area (Å²) in [6, 6.07) is 1.98. The molecule has 0 bridgehead atoms. The van der Waals surface area contributed by atoms with Gasteiger partial charge in [-0.05, 0) is 37.8 Å². The van der Waals surface area contributed by atoms with Gasteiger partial charge in [-0.25, -0.2) is 4.79 Å². The van der Waals surface area contributed by atoms with Crippen LogP contribution >= 0.6 is 0 Å². The van der Waals surface area contributed by atoms with E-state index in [4.69, 9.17) is 4.74 Å². The van der Waals surface area contributed by atoms with E-state index < -0.39 is 0 Å². The van der Waals surface area contributed by atoms with Crippen LogP contribution in [-0.2, 0) is 11.3 Å². The van der Waals surface area contributed by atoms with Crippen molar-refractivity contribution in [3.8, 4) is 0 Å². The fourth-order valence-corrected chi connectivity index (χ4v) is 2.13. The molecule has 1 heterocycles. The minimum atomic E-state index is -0.210. The predicted molar refractivity (Wildman–Crippen MR) is 69.2 cm³/mol. The lowest BCUT2D eigenvalue weighted by Gasteiger charge is -2.14. The van der Waals surface area contributed by atoms with E-state index in [0.29, 0.717) is 18.2 Å². The molecule has 3 nitrogen and oxygen atoms in total. The van der Waals surface area contributed by atoms with Gasteiger partial charge < -0.3 is 9.30 Å². The first-order chi connectivity index (χ1) is 8.10. The number of aromatic nitrogens is 1. The van der Waals surface area contributed by atoms with E-state index in [9.17, 15) is 4.79 Å². The molecular formula is C14H23NO2. The molecule has 0 amide bonds. The van der Waals surface area contributed by atoms with Crippen LogP contribution in [0.1, 0.15) is 49.7 Å². The van der Waals surface area contributed by atoms with Crippen molar-refractivity contribution >= 4 is 5.97 Å². The van der Waals surface area contributed by atoms with E-state index in [1.54, 1.807) is 0 Å². The summed E-state index contributed by atoms with van der Waals surface area (Å²) in [5.41, 5.74) is 1.70. The second-order valence-corrected chi connectivity index (χ2v) is 4.61. The average molecular weight is 237 g/mol. The van der Waals surface area contributed by atoms with E-state index in [2.05, 4.69) is 13.8 Å². The molecule has 0 aliphatic carbocycles. The molecule has 0 aromatic carbocycles. The number of carbonyl (C=O) groups excluding carboxylic acids is 1. The van der Waals surface area contributed by atoms with Gasteiger partial charge in [0, 0.05) is 12.7 Å². The van der Waals surface area contributed by atoms with Crippen LogP contribution in [0.15, 0.2) is 12.3 Å². The molecule has 0 fully saturated rings. The topological polar surface area (TPSA) is 31.2 Å². The zero-order valence-corrected chi connectivity index (χ0v) is 11.3. The van der Waals surface area contributed by atoms with E-state index in [1.165, 1.54) is 12.8 Å². The van der Waals surface area contributed by atoms with Crippen LogP contribution in [-0.4, -0.2) is 17.1 Å². The maximum absolute atomic E-state index is 11.8. The van der Waals surface area contributed by atoms with Gasteiger partial charge in [0.1, 0.15) is 5.69 Å². The van der Waals surface area contributed by atoms with Crippen molar-refractivity contribution in [3.05, 3.63) is 23.5 Å². The number of rotatable bonds is 6. The van der Waals surface area contributed by atoms with Crippen LogP contribution < -0.4 is 0 Å². The maximum Gasteiger partial charge on any atom is 0.355 e. The third-order valence-electron chi connectivity index (χ3n) is 2.92. The number of carbonyl (C=O) groups is 1. The zero-order valence-electron chi connectivity index (χ0n) is 11.3. The van der Waals surface area contributed by atoms with E-state index in [0.717, 1.165) is 12.1 Å². The molecule has 0 aliphatic rings. The van der Waals surface area contributed by atoms with Crippen LogP contribution in [0.25, 0.3) is 0 Å². The highest BCUT2D eigenvalue weighted by atomic mass is 16.5. The van der Waals surface area contributed by atoms with Crippen molar-refractivity contribution in [2.45, 2.75) is 47.1 Å². The van der Waals surface area contributed by atoms with Crippen LogP contribution in [0.2, 0.25) is 0 Å². The molecule has 1 aromatic rings. The highest BCUT2D eigenvalue weighted by Gasteiger charge is 2.16. The Morgan fingerprint density at radius 2 is 2.18 bits per heavy atom. The van der Waals surface area contributed by atoms with Gasteiger partial charge in [0.25, 0.3) is 0 Å². The Morgan fingerprint density at radius 3 is 2.76 bits per heavy atom. The van der Waals surface area contributed by atoms with E-state index in [-0.39, 0.29) is 5.97 Å². The molecule has 1 unspecified atom stereocenters. The van der Waals surface area contributed by atoms with Crippen molar-refractivity contribution < 1.29 is 9.53 Å². The van der Waals surface area contributed by atoms with Crippen molar-refractivity contribution in [2.24, 2.45) is 5.92 Å². The quantitative estimate of drug-likeness (QED) is 0.710. The molecule has 0 N–H and O–H groups in total. The van der Waals surface area contributed by atoms with Gasteiger partial charge in [0.2, 0.25) is 0 Å². The number of ether oxygens (including phenoxy) is 1. The van der Waals surface area contributed by atoms with Crippen LogP contribution in [0, 0.1) is 12.8 Å². The Labute approximate surface area is 104 Å². The first-order valence-electron chi connectivity index (χ1n) is 6.43. The molecular weight excluding hydrogens is 214 g/mol. The molecule has 96 valence electrons. The fourth-order valence-electron chi connectivity index (χ4n) is 2.13. The zero-order chi connectivity index (χ0) is 12.8. The third kappa shape index (κ3) is 3.62. The molecule has 17 heavy (non-hydrogen) atoms. The number of aryl methyl sites for hydroxylation is 1. The van der Waals surface area contributed by atoms with Gasteiger partial charge >= 0.3 is 5.97 Å². The SMILES string of the molecule is CCCC(C)Cn1ccc(C)c1C(=O)OCC. The van der Waals surface area contributed by atoms with Gasteiger partial charge in [-0.1, -0.05) is 20.3 Å². The van der Waals surface area contributed by atoms with Crippen molar-refractivity contribution in [1.82, 2.24) is 4.57 Å². The van der Waals surface area contributed by atoms with E-state index in [1.807, 2.05) is 30.7 Å². The summed E-state index contributed by atoms with van der Waals surface area (Å²) in [6.07, 6.45) is 4.34. The Bertz CT molecular complexity index is 368. The first-order valence-corrected chi connectivity index (χ1v) is 6.43. The first kappa shape index (κ1) is 13.8. The molecule has 1 aromatic heterocycles. The van der Waals surface area contributed by atoms with Gasteiger partial charge in [0.15, 0.2) is 0 Å². The Morgan fingerprint density at radius 1 is 1.47 bits per heavy atom. The lowest BCUT2D eigenvalue weighted by atomic mass is 10.1. The maximum atomic E-state index is 11.8. The summed E-state index contributed by atoms with van der Waals surface area (Å²) in [5.74, 6) is 0.374. The number of hydrogen-bond acceptors (Lipinski definition) is 2. The highest BCUT2D eigenvalue weighted by Crippen LogP contribution is 2.16. The molecule has 0 saturated heterocycles. The molecule has 1 rings (SSSR count). The Kier molecular flexibility index (Phi) is 5.26. The molecule has 0 aliphatic heterocycles. The van der Waals surface area contributed by atoms with Crippen LogP contribution in [0.5, 0.6) is 0 Å². The number of nitrogens with zero attached hydrogens (tertiary/aromatic N) is 1. The van der Waals surface area contributed by atoms with Crippen LogP contribution in [0.3, 0.4) is 0 Å². The standard InChI is InChI=1S/C14H23NO2/c1-5-7-11(3)10-15-9-8-12(4)13(15)14(16)17-6-2/h8-9,11H,5-7,10H2,1-4H3. The summed E-state index contributed by atoms with van der Waals surface area (Å²) in [6.45, 7) is 9.49.